The zero-order chi connectivity index (χ0) is 18.8. The van der Waals surface area contributed by atoms with Gasteiger partial charge < -0.3 is 5.11 Å². The Bertz CT molecular complexity index is 770. The predicted octanol–water partition coefficient (Wildman–Crippen LogP) is 3.74. The van der Waals surface area contributed by atoms with Crippen LogP contribution in [0.4, 0.5) is 8.78 Å². The van der Waals surface area contributed by atoms with E-state index in [1.165, 1.54) is 23.8 Å². The number of aliphatic hydroxyl groups excluding tert-OH is 1. The first-order valence-corrected chi connectivity index (χ1v) is 9.78. The molecule has 0 saturated carbocycles. The van der Waals surface area contributed by atoms with Crippen LogP contribution < -0.4 is 0 Å². The van der Waals surface area contributed by atoms with E-state index >= 15 is 0 Å². The van der Waals surface area contributed by atoms with Crippen molar-refractivity contribution in [3.8, 4) is 0 Å². The maximum Gasteiger partial charge on any atom is 0.128 e. The Morgan fingerprint density at radius 1 is 1.04 bits per heavy atom. The topological polar surface area (TPSA) is 26.7 Å². The van der Waals surface area contributed by atoms with E-state index in [0.29, 0.717) is 12.1 Å². The molecule has 2 aromatic carbocycles. The number of rotatable bonds is 5. The monoisotopic (exact) mass is 372 g/mol. The largest absolute Gasteiger partial charge is 0.392 e. The van der Waals surface area contributed by atoms with Crippen molar-refractivity contribution in [1.29, 1.82) is 0 Å². The van der Waals surface area contributed by atoms with Gasteiger partial charge in [0.05, 0.1) is 12.3 Å². The van der Waals surface area contributed by atoms with E-state index in [-0.39, 0.29) is 24.1 Å². The van der Waals surface area contributed by atoms with Gasteiger partial charge in [0.15, 0.2) is 0 Å². The summed E-state index contributed by atoms with van der Waals surface area (Å²) in [6.07, 6.45) is 3.11. The Kier molecular flexibility index (Phi) is 5.53. The maximum atomic E-state index is 14.5. The van der Waals surface area contributed by atoms with Gasteiger partial charge in [0.25, 0.3) is 0 Å². The zero-order valence-electron chi connectivity index (χ0n) is 15.4. The van der Waals surface area contributed by atoms with Gasteiger partial charge in [0, 0.05) is 37.7 Å². The molecule has 2 aliphatic heterocycles. The first-order chi connectivity index (χ1) is 13.1. The highest BCUT2D eigenvalue weighted by molar-refractivity contribution is 5.24. The van der Waals surface area contributed by atoms with Crippen LogP contribution in [0.3, 0.4) is 0 Å². The fourth-order valence-electron chi connectivity index (χ4n) is 4.57. The highest BCUT2D eigenvalue weighted by atomic mass is 19.1. The number of halogens is 2. The summed E-state index contributed by atoms with van der Waals surface area (Å²) in [5.41, 5.74) is 1.67. The molecule has 2 saturated heterocycles. The van der Waals surface area contributed by atoms with Gasteiger partial charge >= 0.3 is 0 Å². The van der Waals surface area contributed by atoms with Crippen LogP contribution in [0.2, 0.25) is 0 Å². The smallest absolute Gasteiger partial charge is 0.128 e. The Hall–Kier alpha value is -1.82. The lowest BCUT2D eigenvalue weighted by molar-refractivity contribution is 0.0380. The molecule has 27 heavy (non-hydrogen) atoms. The predicted molar refractivity (Wildman–Crippen MR) is 101 cm³/mol. The van der Waals surface area contributed by atoms with Gasteiger partial charge in [-0.15, -0.1) is 0 Å². The molecule has 5 heteroatoms. The van der Waals surface area contributed by atoms with Crippen LogP contribution in [0.25, 0.3) is 0 Å². The van der Waals surface area contributed by atoms with E-state index in [2.05, 4.69) is 21.9 Å². The molecule has 1 N–H and O–H groups in total. The van der Waals surface area contributed by atoms with Crippen molar-refractivity contribution in [2.45, 2.75) is 44.0 Å². The molecule has 2 heterocycles. The van der Waals surface area contributed by atoms with Gasteiger partial charge in [-0.1, -0.05) is 30.3 Å². The molecule has 0 aliphatic carbocycles. The summed E-state index contributed by atoms with van der Waals surface area (Å²) < 4.78 is 28.3. The quantitative estimate of drug-likeness (QED) is 0.866. The van der Waals surface area contributed by atoms with E-state index in [0.717, 1.165) is 38.8 Å². The lowest BCUT2D eigenvalue weighted by Gasteiger charge is -2.39. The second kappa shape index (κ2) is 8.05. The third-order valence-corrected chi connectivity index (χ3v) is 5.87. The lowest BCUT2D eigenvalue weighted by Crippen LogP contribution is -2.49. The van der Waals surface area contributed by atoms with E-state index < -0.39 is 5.82 Å². The standard InChI is InChI=1S/C22H26F2N2O/c23-17-8-9-20(24)19(14-17)21-7-4-11-26(21)22(25-12-10-18(27)15-25)13-16-5-2-1-3-6-16/h1-3,5-6,8-9,14,18,21-22,27H,4,7,10-13,15H2/t18-,21+,22-/m0/s1. The molecular weight excluding hydrogens is 346 g/mol. The summed E-state index contributed by atoms with van der Waals surface area (Å²) >= 11 is 0. The van der Waals surface area contributed by atoms with Gasteiger partial charge in [-0.3, -0.25) is 9.80 Å². The molecule has 0 amide bonds. The molecule has 2 aromatic rings. The van der Waals surface area contributed by atoms with Crippen molar-refractivity contribution in [2.75, 3.05) is 19.6 Å². The minimum atomic E-state index is -0.394. The first-order valence-electron chi connectivity index (χ1n) is 9.78. The summed E-state index contributed by atoms with van der Waals surface area (Å²) in [4.78, 5) is 4.61. The molecular formula is C22H26F2N2O. The van der Waals surface area contributed by atoms with Crippen molar-refractivity contribution >= 4 is 0 Å². The number of likely N-dealkylation sites (tertiary alicyclic amines) is 2. The molecule has 0 aromatic heterocycles. The lowest BCUT2D eigenvalue weighted by atomic mass is 10.0. The Morgan fingerprint density at radius 2 is 1.85 bits per heavy atom. The number of hydrogen-bond donors (Lipinski definition) is 1. The number of nitrogens with zero attached hydrogens (tertiary/aromatic N) is 2. The van der Waals surface area contributed by atoms with Crippen LogP contribution in [0, 0.1) is 11.6 Å². The summed E-state index contributed by atoms with van der Waals surface area (Å²) in [6, 6.07) is 13.9. The average molecular weight is 372 g/mol. The number of benzene rings is 2. The van der Waals surface area contributed by atoms with Gasteiger partial charge in [0.1, 0.15) is 11.6 Å². The summed E-state index contributed by atoms with van der Waals surface area (Å²) in [5, 5.41) is 10.1. The van der Waals surface area contributed by atoms with Crippen molar-refractivity contribution < 1.29 is 13.9 Å². The van der Waals surface area contributed by atoms with Crippen LogP contribution in [0.5, 0.6) is 0 Å². The second-order valence-electron chi connectivity index (χ2n) is 7.67. The molecule has 3 nitrogen and oxygen atoms in total. The molecule has 0 unspecified atom stereocenters. The minimum absolute atomic E-state index is 0.0692. The van der Waals surface area contributed by atoms with Crippen LogP contribution in [0.15, 0.2) is 48.5 Å². The fraction of sp³-hybridized carbons (Fsp3) is 0.455. The van der Waals surface area contributed by atoms with Gasteiger partial charge in [-0.2, -0.15) is 0 Å². The summed E-state index contributed by atoms with van der Waals surface area (Å²) in [7, 11) is 0. The highest BCUT2D eigenvalue weighted by Gasteiger charge is 2.38. The Labute approximate surface area is 159 Å². The fourth-order valence-corrected chi connectivity index (χ4v) is 4.57. The first kappa shape index (κ1) is 18.5. The highest BCUT2D eigenvalue weighted by Crippen LogP contribution is 2.37. The van der Waals surface area contributed by atoms with Crippen molar-refractivity contribution in [2.24, 2.45) is 0 Å². The van der Waals surface area contributed by atoms with Gasteiger partial charge in [0.2, 0.25) is 0 Å². The average Bonchev–Trinajstić information content (AvgIpc) is 3.32. The Morgan fingerprint density at radius 3 is 2.59 bits per heavy atom. The zero-order valence-corrected chi connectivity index (χ0v) is 15.4. The number of aliphatic hydroxyl groups is 1. The van der Waals surface area contributed by atoms with E-state index in [1.807, 2.05) is 18.2 Å². The summed E-state index contributed by atoms with van der Waals surface area (Å²) in [6.45, 7) is 2.31. The second-order valence-corrected chi connectivity index (χ2v) is 7.67. The van der Waals surface area contributed by atoms with Crippen molar-refractivity contribution in [1.82, 2.24) is 9.80 Å². The van der Waals surface area contributed by atoms with Crippen LogP contribution >= 0.6 is 0 Å². The maximum absolute atomic E-state index is 14.5. The van der Waals surface area contributed by atoms with Gasteiger partial charge in [-0.05, 0) is 43.0 Å². The number of hydrogen-bond acceptors (Lipinski definition) is 3. The van der Waals surface area contributed by atoms with Crippen LogP contribution in [-0.4, -0.2) is 46.8 Å². The third-order valence-electron chi connectivity index (χ3n) is 5.87. The van der Waals surface area contributed by atoms with Crippen molar-refractivity contribution in [3.63, 3.8) is 0 Å². The minimum Gasteiger partial charge on any atom is -0.392 e. The SMILES string of the molecule is O[C@H]1CCN([C@H](Cc2ccccc2)N2CCC[C@@H]2c2cc(F)ccc2F)C1. The van der Waals surface area contributed by atoms with Gasteiger partial charge in [-0.25, -0.2) is 8.78 Å². The molecule has 0 radical (unpaired) electrons. The van der Waals surface area contributed by atoms with E-state index in [4.69, 9.17) is 0 Å². The molecule has 2 fully saturated rings. The van der Waals surface area contributed by atoms with Crippen LogP contribution in [0.1, 0.15) is 36.4 Å². The molecule has 3 atom stereocenters. The van der Waals surface area contributed by atoms with E-state index in [9.17, 15) is 13.9 Å². The molecule has 0 bridgehead atoms. The third kappa shape index (κ3) is 4.05. The Balaban J connectivity index is 1.64. The molecule has 0 spiro atoms. The van der Waals surface area contributed by atoms with Crippen molar-refractivity contribution in [3.05, 3.63) is 71.3 Å². The van der Waals surface area contributed by atoms with Crippen LogP contribution in [-0.2, 0) is 6.42 Å². The molecule has 4 rings (SSSR count). The van der Waals surface area contributed by atoms with E-state index in [1.54, 1.807) is 0 Å². The normalized spacial score (nSPS) is 25.1. The number of β-amino-alcohol motifs (C(OH)–C–C–N with tert-alkyl or cyclic N) is 1. The molecule has 144 valence electrons. The molecule has 2 aliphatic rings. The summed E-state index contributed by atoms with van der Waals surface area (Å²) in [5.74, 6) is -0.734.